The maximum atomic E-state index is 9.31. The highest BCUT2D eigenvalue weighted by Gasteiger charge is 2.11. The molecule has 0 aromatic heterocycles. The van der Waals surface area contributed by atoms with Crippen LogP contribution in [-0.2, 0) is 0 Å². The molecule has 0 bridgehead atoms. The van der Waals surface area contributed by atoms with Gasteiger partial charge in [-0.05, 0) is 26.5 Å². The van der Waals surface area contributed by atoms with Crippen LogP contribution in [0.15, 0.2) is 18.2 Å². The fraction of sp³-hybridized carbons (Fsp3) is 0.571. The van der Waals surface area contributed by atoms with Crippen molar-refractivity contribution in [2.75, 3.05) is 25.2 Å². The smallest absolute Gasteiger partial charge is 0.0861 e. The Balaban J connectivity index is 2.59. The number of nitrogens with one attached hydrogen (secondary N) is 1. The zero-order valence-corrected chi connectivity index (χ0v) is 12.1. The van der Waals surface area contributed by atoms with Crippen LogP contribution in [0.25, 0.3) is 0 Å². The first-order valence-electron chi connectivity index (χ1n) is 6.19. The molecule has 3 nitrogen and oxygen atoms in total. The van der Waals surface area contributed by atoms with E-state index in [-0.39, 0.29) is 12.6 Å². The lowest BCUT2D eigenvalue weighted by Crippen LogP contribution is -2.21. The molecule has 0 aliphatic carbocycles. The van der Waals surface area contributed by atoms with E-state index in [9.17, 15) is 5.11 Å². The quantitative estimate of drug-likeness (QED) is 0.704. The second kappa shape index (κ2) is 7.79. The molecule has 0 amide bonds. The predicted molar refractivity (Wildman–Crippen MR) is 78.1 cm³/mol. The molecule has 0 saturated heterocycles. The van der Waals surface area contributed by atoms with E-state index in [0.29, 0.717) is 5.75 Å². The number of aliphatic hydroxyl groups is 2. The van der Waals surface area contributed by atoms with Crippen LogP contribution < -0.4 is 5.32 Å². The van der Waals surface area contributed by atoms with Crippen LogP contribution in [0.1, 0.15) is 22.7 Å². The number of aryl methyl sites for hydroxylation is 2. The first-order valence-corrected chi connectivity index (χ1v) is 7.34. The van der Waals surface area contributed by atoms with Crippen molar-refractivity contribution < 1.29 is 10.2 Å². The summed E-state index contributed by atoms with van der Waals surface area (Å²) in [5.74, 6) is 1.45. The maximum Gasteiger partial charge on any atom is 0.0861 e. The van der Waals surface area contributed by atoms with Gasteiger partial charge in [-0.15, -0.1) is 0 Å². The van der Waals surface area contributed by atoms with E-state index in [1.807, 2.05) is 7.05 Å². The van der Waals surface area contributed by atoms with Gasteiger partial charge in [0.1, 0.15) is 0 Å². The Morgan fingerprint density at radius 1 is 1.17 bits per heavy atom. The molecule has 0 fully saturated rings. The van der Waals surface area contributed by atoms with Gasteiger partial charge in [0.2, 0.25) is 0 Å². The Labute approximate surface area is 114 Å². The number of aliphatic hydroxyl groups excluding tert-OH is 2. The van der Waals surface area contributed by atoms with Crippen LogP contribution in [0.4, 0.5) is 0 Å². The molecule has 0 heterocycles. The van der Waals surface area contributed by atoms with Crippen molar-refractivity contribution in [3.63, 3.8) is 0 Å². The van der Waals surface area contributed by atoms with Gasteiger partial charge in [-0.3, -0.25) is 0 Å². The second-order valence-electron chi connectivity index (χ2n) is 4.64. The van der Waals surface area contributed by atoms with Crippen LogP contribution >= 0.6 is 11.8 Å². The number of rotatable bonds is 7. The molecule has 0 aliphatic rings. The summed E-state index contributed by atoms with van der Waals surface area (Å²) in [4.78, 5) is 0. The zero-order valence-electron chi connectivity index (χ0n) is 11.3. The van der Waals surface area contributed by atoms with E-state index in [0.717, 1.165) is 5.75 Å². The number of thioether (sulfide) groups is 1. The van der Waals surface area contributed by atoms with Crippen LogP contribution in [0.3, 0.4) is 0 Å². The highest BCUT2D eigenvalue weighted by Crippen LogP contribution is 2.21. The SMILES string of the molecule is CNC(CSCC(O)CO)c1cc(C)cc(C)c1. The summed E-state index contributed by atoms with van der Waals surface area (Å²) in [7, 11) is 1.95. The lowest BCUT2D eigenvalue weighted by atomic mass is 10.0. The van der Waals surface area contributed by atoms with Gasteiger partial charge < -0.3 is 15.5 Å². The summed E-state index contributed by atoms with van der Waals surface area (Å²) in [5.41, 5.74) is 3.82. The summed E-state index contributed by atoms with van der Waals surface area (Å²) in [6.45, 7) is 4.04. The van der Waals surface area contributed by atoms with E-state index in [1.54, 1.807) is 11.8 Å². The molecule has 1 rings (SSSR count). The molecule has 0 saturated carbocycles. The van der Waals surface area contributed by atoms with E-state index in [1.165, 1.54) is 16.7 Å². The molecule has 0 radical (unpaired) electrons. The van der Waals surface area contributed by atoms with Crippen molar-refractivity contribution in [2.45, 2.75) is 26.0 Å². The molecule has 0 aliphatic heterocycles. The van der Waals surface area contributed by atoms with Crippen molar-refractivity contribution in [1.29, 1.82) is 0 Å². The predicted octanol–water partition coefficient (Wildman–Crippen LogP) is 1.65. The maximum absolute atomic E-state index is 9.31. The molecule has 18 heavy (non-hydrogen) atoms. The third-order valence-corrected chi connectivity index (χ3v) is 3.99. The first-order chi connectivity index (χ1) is 8.56. The first kappa shape index (κ1) is 15.5. The van der Waals surface area contributed by atoms with Gasteiger partial charge in [-0.1, -0.05) is 29.3 Å². The molecule has 2 atom stereocenters. The summed E-state index contributed by atoms with van der Waals surface area (Å²) in [6, 6.07) is 6.83. The minimum Gasteiger partial charge on any atom is -0.394 e. The highest BCUT2D eigenvalue weighted by atomic mass is 32.2. The van der Waals surface area contributed by atoms with E-state index in [4.69, 9.17) is 5.11 Å². The van der Waals surface area contributed by atoms with Gasteiger partial charge in [-0.25, -0.2) is 0 Å². The Kier molecular flexibility index (Phi) is 6.71. The average molecular weight is 269 g/mol. The minimum absolute atomic E-state index is 0.166. The molecular formula is C14H23NO2S. The highest BCUT2D eigenvalue weighted by molar-refractivity contribution is 7.99. The Morgan fingerprint density at radius 2 is 1.78 bits per heavy atom. The lowest BCUT2D eigenvalue weighted by Gasteiger charge is -2.18. The van der Waals surface area contributed by atoms with Crippen LogP contribution in [0.2, 0.25) is 0 Å². The third kappa shape index (κ3) is 4.98. The van der Waals surface area contributed by atoms with Crippen LogP contribution in [-0.4, -0.2) is 41.5 Å². The summed E-state index contributed by atoms with van der Waals surface area (Å²) in [5, 5.41) is 21.4. The molecule has 4 heteroatoms. The van der Waals surface area contributed by atoms with Crippen LogP contribution in [0.5, 0.6) is 0 Å². The number of benzene rings is 1. The minimum atomic E-state index is -0.619. The monoisotopic (exact) mass is 269 g/mol. The summed E-state index contributed by atoms with van der Waals surface area (Å²) >= 11 is 1.65. The number of hydrogen-bond donors (Lipinski definition) is 3. The Morgan fingerprint density at radius 3 is 2.28 bits per heavy atom. The molecule has 0 spiro atoms. The van der Waals surface area contributed by atoms with Gasteiger partial charge in [0.15, 0.2) is 0 Å². The van der Waals surface area contributed by atoms with Gasteiger partial charge in [-0.2, -0.15) is 11.8 Å². The molecular weight excluding hydrogens is 246 g/mol. The van der Waals surface area contributed by atoms with Gasteiger partial charge in [0, 0.05) is 17.5 Å². The van der Waals surface area contributed by atoms with Crippen molar-refractivity contribution in [1.82, 2.24) is 5.32 Å². The Hall–Kier alpha value is -0.550. The van der Waals surface area contributed by atoms with E-state index < -0.39 is 6.10 Å². The third-order valence-electron chi connectivity index (χ3n) is 2.80. The fourth-order valence-corrected chi connectivity index (χ4v) is 3.04. The van der Waals surface area contributed by atoms with E-state index >= 15 is 0 Å². The van der Waals surface area contributed by atoms with Crippen molar-refractivity contribution in [3.05, 3.63) is 34.9 Å². The van der Waals surface area contributed by atoms with Gasteiger partial charge in [0.25, 0.3) is 0 Å². The lowest BCUT2D eigenvalue weighted by molar-refractivity contribution is 0.113. The second-order valence-corrected chi connectivity index (χ2v) is 5.71. The van der Waals surface area contributed by atoms with Gasteiger partial charge >= 0.3 is 0 Å². The van der Waals surface area contributed by atoms with Crippen LogP contribution in [0, 0.1) is 13.8 Å². The molecule has 1 aromatic rings. The molecule has 3 N–H and O–H groups in total. The van der Waals surface area contributed by atoms with E-state index in [2.05, 4.69) is 37.4 Å². The standard InChI is InChI=1S/C14H23NO2S/c1-10-4-11(2)6-12(5-10)14(15-3)9-18-8-13(17)7-16/h4-6,13-17H,7-9H2,1-3H3. The summed E-state index contributed by atoms with van der Waals surface area (Å²) < 4.78 is 0. The molecule has 2 unspecified atom stereocenters. The van der Waals surface area contributed by atoms with Crippen molar-refractivity contribution >= 4 is 11.8 Å². The van der Waals surface area contributed by atoms with Crippen molar-refractivity contribution in [2.24, 2.45) is 0 Å². The summed E-state index contributed by atoms with van der Waals surface area (Å²) in [6.07, 6.45) is -0.619. The Bertz CT molecular complexity index is 351. The average Bonchev–Trinajstić information content (AvgIpc) is 2.33. The van der Waals surface area contributed by atoms with Crippen molar-refractivity contribution in [3.8, 4) is 0 Å². The molecule has 1 aromatic carbocycles. The number of hydrogen-bond acceptors (Lipinski definition) is 4. The normalized spacial score (nSPS) is 14.5. The fourth-order valence-electron chi connectivity index (χ4n) is 1.93. The van der Waals surface area contributed by atoms with Gasteiger partial charge in [0.05, 0.1) is 12.7 Å². The topological polar surface area (TPSA) is 52.5 Å². The largest absolute Gasteiger partial charge is 0.394 e. The zero-order chi connectivity index (χ0) is 13.5. The molecule has 102 valence electrons.